The molecule has 0 bridgehead atoms. The van der Waals surface area contributed by atoms with Crippen molar-refractivity contribution in [1.82, 2.24) is 14.0 Å². The molecule has 0 aliphatic rings. The van der Waals surface area contributed by atoms with Gasteiger partial charge in [-0.3, -0.25) is 0 Å². The summed E-state index contributed by atoms with van der Waals surface area (Å²) in [5.74, 6) is 0. The third kappa shape index (κ3) is 3.37. The normalized spacial score (nSPS) is 11.4. The van der Waals surface area contributed by atoms with Crippen LogP contribution in [0, 0.1) is 0 Å². The maximum atomic E-state index is 5.71. The number of nitrogens with zero attached hydrogens (tertiary/aromatic N) is 3. The van der Waals surface area contributed by atoms with E-state index < -0.39 is 0 Å². The minimum Gasteiger partial charge on any atom is -0.350 e. The Morgan fingerprint density at radius 1 is 0.852 bits per heavy atom. The molecule has 138 valence electrons. The van der Waals surface area contributed by atoms with Gasteiger partial charge in [0.2, 0.25) is 0 Å². The number of thiocarbonyl (C=S) groups is 1. The van der Waals surface area contributed by atoms with Gasteiger partial charge in [0.15, 0.2) is 0 Å². The summed E-state index contributed by atoms with van der Waals surface area (Å²) in [5.41, 5.74) is 5.13. The van der Waals surface area contributed by atoms with Crippen molar-refractivity contribution >= 4 is 50.1 Å². The third-order valence-corrected chi connectivity index (χ3v) is 6.48. The number of aromatic nitrogens is 2. The maximum absolute atomic E-state index is 5.71. The number of para-hydroxylation sites is 2. The first-order valence-electron chi connectivity index (χ1n) is 8.97. The van der Waals surface area contributed by atoms with E-state index in [0.29, 0.717) is 0 Å². The van der Waals surface area contributed by atoms with Gasteiger partial charge in [0.05, 0.1) is 0 Å². The molecule has 0 saturated carbocycles. The van der Waals surface area contributed by atoms with Gasteiger partial charge < -0.3 is 14.0 Å². The van der Waals surface area contributed by atoms with Gasteiger partial charge in [-0.1, -0.05) is 48.6 Å². The Labute approximate surface area is 169 Å². The molecular weight excluding hydrogens is 370 g/mol. The first-order valence-corrected chi connectivity index (χ1v) is 10.6. The zero-order valence-corrected chi connectivity index (χ0v) is 17.5. The van der Waals surface area contributed by atoms with Crippen molar-refractivity contribution in [3.8, 4) is 0 Å². The van der Waals surface area contributed by atoms with Crippen molar-refractivity contribution in [3.05, 3.63) is 72.1 Å². The number of aryl methyl sites for hydroxylation is 2. The van der Waals surface area contributed by atoms with Crippen molar-refractivity contribution in [2.45, 2.75) is 13.1 Å². The highest BCUT2D eigenvalue weighted by atomic mass is 32.2. The van der Waals surface area contributed by atoms with Crippen molar-refractivity contribution in [2.24, 2.45) is 14.1 Å². The largest absolute Gasteiger partial charge is 0.350 e. The van der Waals surface area contributed by atoms with Gasteiger partial charge in [0, 0.05) is 61.4 Å². The number of hydrogen-bond acceptors (Lipinski definition) is 2. The third-order valence-electron chi connectivity index (χ3n) is 5.11. The van der Waals surface area contributed by atoms with Gasteiger partial charge in [0.1, 0.15) is 4.32 Å². The summed E-state index contributed by atoms with van der Waals surface area (Å²) in [6, 6.07) is 17.1. The van der Waals surface area contributed by atoms with Crippen LogP contribution in [-0.2, 0) is 27.2 Å². The minimum absolute atomic E-state index is 0.810. The summed E-state index contributed by atoms with van der Waals surface area (Å²) in [6.45, 7) is 1.62. The second-order valence-corrected chi connectivity index (χ2v) is 8.33. The van der Waals surface area contributed by atoms with E-state index in [-0.39, 0.29) is 0 Å². The fourth-order valence-electron chi connectivity index (χ4n) is 3.83. The Kier molecular flexibility index (Phi) is 4.98. The molecule has 0 aliphatic carbocycles. The second-order valence-electron chi connectivity index (χ2n) is 6.89. The van der Waals surface area contributed by atoms with Gasteiger partial charge in [-0.05, 0) is 29.5 Å². The molecule has 3 nitrogen and oxygen atoms in total. The standard InChI is InChI=1S/C22H23N3S2/c1-23-12-16(18-8-4-6-10-20(18)23)14-25(22(26)27-3)15-17-13-24(2)21-11-7-5-9-19(17)21/h4-13H,14-15H2,1-3H3. The molecule has 0 radical (unpaired) electrons. The molecule has 0 fully saturated rings. The quantitative estimate of drug-likeness (QED) is 0.436. The van der Waals surface area contributed by atoms with E-state index in [1.807, 2.05) is 0 Å². The summed E-state index contributed by atoms with van der Waals surface area (Å²) in [6.07, 6.45) is 6.51. The van der Waals surface area contributed by atoms with Crippen LogP contribution in [-0.4, -0.2) is 24.6 Å². The number of rotatable bonds is 4. The summed E-state index contributed by atoms with van der Waals surface area (Å²) >= 11 is 7.35. The zero-order valence-electron chi connectivity index (χ0n) is 15.8. The maximum Gasteiger partial charge on any atom is 0.136 e. The van der Waals surface area contributed by atoms with Crippen LogP contribution < -0.4 is 0 Å². The first kappa shape index (κ1) is 18.1. The van der Waals surface area contributed by atoms with Crippen LogP contribution in [0.3, 0.4) is 0 Å². The fraction of sp³-hybridized carbons (Fsp3) is 0.227. The summed E-state index contributed by atoms with van der Waals surface area (Å²) in [4.78, 5) is 2.31. The van der Waals surface area contributed by atoms with Crippen LogP contribution in [0.2, 0.25) is 0 Å². The fourth-order valence-corrected chi connectivity index (χ4v) is 4.34. The molecule has 5 heteroatoms. The van der Waals surface area contributed by atoms with Crippen molar-refractivity contribution in [2.75, 3.05) is 6.26 Å². The predicted molar refractivity (Wildman–Crippen MR) is 121 cm³/mol. The number of hydrogen-bond donors (Lipinski definition) is 0. The lowest BCUT2D eigenvalue weighted by Crippen LogP contribution is -2.26. The van der Waals surface area contributed by atoms with E-state index >= 15 is 0 Å². The number of benzene rings is 2. The Hall–Kier alpha value is -2.24. The van der Waals surface area contributed by atoms with E-state index in [2.05, 4.69) is 95.3 Å². The Morgan fingerprint density at radius 3 is 1.74 bits per heavy atom. The molecule has 4 aromatic rings. The lowest BCUT2D eigenvalue weighted by molar-refractivity contribution is 0.424. The second kappa shape index (κ2) is 7.41. The zero-order chi connectivity index (χ0) is 19.0. The molecule has 2 aromatic heterocycles. The van der Waals surface area contributed by atoms with Crippen molar-refractivity contribution in [1.29, 1.82) is 0 Å². The molecule has 0 atom stereocenters. The van der Waals surface area contributed by atoms with Crippen LogP contribution in [0.1, 0.15) is 11.1 Å². The molecule has 0 saturated heterocycles. The minimum atomic E-state index is 0.810. The number of thioether (sulfide) groups is 1. The highest BCUT2D eigenvalue weighted by Gasteiger charge is 2.16. The van der Waals surface area contributed by atoms with Crippen LogP contribution in [0.15, 0.2) is 60.9 Å². The average molecular weight is 394 g/mol. The van der Waals surface area contributed by atoms with Gasteiger partial charge >= 0.3 is 0 Å². The van der Waals surface area contributed by atoms with E-state index in [0.717, 1.165) is 17.4 Å². The van der Waals surface area contributed by atoms with Crippen molar-refractivity contribution in [3.63, 3.8) is 0 Å². The first-order chi connectivity index (χ1) is 13.1. The number of fused-ring (bicyclic) bond motifs is 2. The average Bonchev–Trinajstić information content (AvgIpc) is 3.18. The lowest BCUT2D eigenvalue weighted by atomic mass is 10.1. The predicted octanol–water partition coefficient (Wildman–Crippen LogP) is 5.32. The van der Waals surface area contributed by atoms with E-state index in [1.54, 1.807) is 11.8 Å². The molecule has 4 rings (SSSR count). The highest BCUT2D eigenvalue weighted by Crippen LogP contribution is 2.26. The molecule has 0 aliphatic heterocycles. The molecule has 2 heterocycles. The SMILES string of the molecule is CSC(=S)N(Cc1cn(C)c2ccccc12)Cc1cn(C)c2ccccc12. The molecule has 0 N–H and O–H groups in total. The molecule has 0 amide bonds. The molecule has 27 heavy (non-hydrogen) atoms. The molecule has 0 unspecified atom stereocenters. The molecule has 2 aromatic carbocycles. The van der Waals surface area contributed by atoms with Crippen LogP contribution in [0.25, 0.3) is 21.8 Å². The Bertz CT molecular complexity index is 1040. The monoisotopic (exact) mass is 393 g/mol. The summed E-state index contributed by atoms with van der Waals surface area (Å²) in [5, 5.41) is 2.60. The smallest absolute Gasteiger partial charge is 0.136 e. The Morgan fingerprint density at radius 2 is 1.30 bits per heavy atom. The van der Waals surface area contributed by atoms with Gasteiger partial charge in [-0.2, -0.15) is 0 Å². The van der Waals surface area contributed by atoms with Gasteiger partial charge in [-0.25, -0.2) is 0 Å². The van der Waals surface area contributed by atoms with Crippen LogP contribution in [0.5, 0.6) is 0 Å². The lowest BCUT2D eigenvalue weighted by Gasteiger charge is -2.24. The van der Waals surface area contributed by atoms with E-state index in [9.17, 15) is 0 Å². The summed E-state index contributed by atoms with van der Waals surface area (Å²) < 4.78 is 5.32. The van der Waals surface area contributed by atoms with Crippen LogP contribution >= 0.6 is 24.0 Å². The topological polar surface area (TPSA) is 13.1 Å². The van der Waals surface area contributed by atoms with Gasteiger partial charge in [0.25, 0.3) is 0 Å². The highest BCUT2D eigenvalue weighted by molar-refractivity contribution is 8.22. The van der Waals surface area contributed by atoms with E-state index in [4.69, 9.17) is 12.2 Å². The van der Waals surface area contributed by atoms with Gasteiger partial charge in [-0.15, -0.1) is 11.8 Å². The molecule has 0 spiro atoms. The Balaban J connectivity index is 1.70. The van der Waals surface area contributed by atoms with Crippen molar-refractivity contribution < 1.29 is 0 Å². The van der Waals surface area contributed by atoms with Crippen LogP contribution in [0.4, 0.5) is 0 Å². The van der Waals surface area contributed by atoms with E-state index in [1.165, 1.54) is 32.9 Å². The molecular formula is C22H23N3S2. The summed E-state index contributed by atoms with van der Waals surface area (Å²) in [7, 11) is 4.21.